The van der Waals surface area contributed by atoms with Crippen LogP contribution in [0.15, 0.2) is 0 Å². The largest absolute Gasteiger partial charge is 0.298 e. The fourth-order valence-corrected chi connectivity index (χ4v) is 8.04. The van der Waals surface area contributed by atoms with Gasteiger partial charge < -0.3 is 0 Å². The molecule has 2 heteroatoms. The molecular weight excluding hydrogens is 388 g/mol. The third-order valence-electron chi connectivity index (χ3n) is 10.9. The van der Waals surface area contributed by atoms with Crippen LogP contribution < -0.4 is 0 Å². The predicted molar refractivity (Wildman–Crippen MR) is 139 cm³/mol. The normalized spacial score (nSPS) is 37.3. The van der Waals surface area contributed by atoms with Gasteiger partial charge in [0.15, 0.2) is 0 Å². The number of fused-ring (bicyclic) bond motifs is 2. The lowest BCUT2D eigenvalue weighted by molar-refractivity contribution is -0.0318. The van der Waals surface area contributed by atoms with Crippen molar-refractivity contribution in [2.24, 2.45) is 34.0 Å². The summed E-state index contributed by atoms with van der Waals surface area (Å²) in [5, 5.41) is 0. The summed E-state index contributed by atoms with van der Waals surface area (Å²) in [4.78, 5) is 5.70. The molecule has 2 aliphatic heterocycles. The highest BCUT2D eigenvalue weighted by atomic mass is 15.2. The summed E-state index contributed by atoms with van der Waals surface area (Å²) in [6.45, 7) is 28.9. The fourth-order valence-electron chi connectivity index (χ4n) is 8.04. The lowest BCUT2D eigenvalue weighted by atomic mass is 9.53. The van der Waals surface area contributed by atoms with E-state index in [0.717, 1.165) is 23.8 Å². The van der Waals surface area contributed by atoms with Gasteiger partial charge in [0.1, 0.15) is 0 Å². The predicted octanol–water partition coefficient (Wildman–Crippen LogP) is 7.62. The lowest BCUT2D eigenvalue weighted by Gasteiger charge is -2.54. The van der Waals surface area contributed by atoms with Gasteiger partial charge in [-0.1, -0.05) is 34.6 Å². The SMILES string of the molecule is CC(C)(C)C1CC2CC(C1)N(C(C)(C)CCC(C)(C)C1CC3(CCN(C(C)(C)C)C3)C1)C2. The third kappa shape index (κ3) is 4.84. The monoisotopic (exact) mass is 444 g/mol. The average molecular weight is 445 g/mol. The molecule has 4 aliphatic rings. The number of hydrogen-bond acceptors (Lipinski definition) is 2. The smallest absolute Gasteiger partial charge is 0.0156 e. The van der Waals surface area contributed by atoms with Gasteiger partial charge in [-0.3, -0.25) is 9.80 Å². The Balaban J connectivity index is 1.31. The molecule has 0 N–H and O–H groups in total. The second kappa shape index (κ2) is 7.97. The van der Waals surface area contributed by atoms with E-state index in [-0.39, 0.29) is 0 Å². The molecule has 2 aliphatic carbocycles. The lowest BCUT2D eigenvalue weighted by Crippen LogP contribution is -2.50. The van der Waals surface area contributed by atoms with Crippen LogP contribution in [0.1, 0.15) is 121 Å². The quantitative estimate of drug-likeness (QED) is 0.430. The molecule has 4 rings (SSSR count). The Morgan fingerprint density at radius 3 is 2.00 bits per heavy atom. The Bertz CT molecular complexity index is 670. The van der Waals surface area contributed by atoms with Crippen LogP contribution in [0.4, 0.5) is 0 Å². The molecule has 186 valence electrons. The molecule has 0 radical (unpaired) electrons. The van der Waals surface area contributed by atoms with E-state index in [2.05, 4.69) is 79.0 Å². The van der Waals surface area contributed by atoms with Crippen LogP contribution in [0.5, 0.6) is 0 Å². The second-order valence-electron chi connectivity index (χ2n) is 16.2. The van der Waals surface area contributed by atoms with Crippen molar-refractivity contribution in [3.8, 4) is 0 Å². The molecular formula is C30H56N2. The van der Waals surface area contributed by atoms with Crippen LogP contribution in [0, 0.1) is 34.0 Å². The molecule has 3 atom stereocenters. The van der Waals surface area contributed by atoms with Crippen molar-refractivity contribution in [2.45, 2.75) is 138 Å². The first-order valence-corrected chi connectivity index (χ1v) is 14.0. The van der Waals surface area contributed by atoms with Crippen molar-refractivity contribution in [1.29, 1.82) is 0 Å². The van der Waals surface area contributed by atoms with E-state index in [9.17, 15) is 0 Å². The first kappa shape index (κ1) is 25.0. The molecule has 2 bridgehead atoms. The summed E-state index contributed by atoms with van der Waals surface area (Å²) in [6, 6.07) is 0.838. The van der Waals surface area contributed by atoms with E-state index in [4.69, 9.17) is 0 Å². The fraction of sp³-hybridized carbons (Fsp3) is 1.00. The molecule has 0 amide bonds. The molecule has 0 aromatic rings. The summed E-state index contributed by atoms with van der Waals surface area (Å²) in [5.74, 6) is 2.79. The third-order valence-corrected chi connectivity index (χ3v) is 10.9. The molecule has 3 unspecified atom stereocenters. The molecule has 2 nitrogen and oxygen atoms in total. The standard InChI is InChI=1S/C30H56N2/c1-26(2,3)23-15-22-16-25(17-23)32(20-22)29(9,10)12-11-28(7,8)24-18-30(19-24)13-14-31(21-30)27(4,5)6/h22-25H,11-21H2,1-10H3. The maximum absolute atomic E-state index is 2.96. The van der Waals surface area contributed by atoms with Crippen LogP contribution in [-0.2, 0) is 0 Å². The van der Waals surface area contributed by atoms with E-state index >= 15 is 0 Å². The van der Waals surface area contributed by atoms with Gasteiger partial charge in [0, 0.05) is 30.2 Å². The van der Waals surface area contributed by atoms with Crippen molar-refractivity contribution in [3.63, 3.8) is 0 Å². The minimum atomic E-state index is 0.341. The zero-order chi connectivity index (χ0) is 23.7. The molecule has 2 heterocycles. The molecule has 32 heavy (non-hydrogen) atoms. The highest BCUT2D eigenvalue weighted by Gasteiger charge is 2.54. The minimum absolute atomic E-state index is 0.341. The van der Waals surface area contributed by atoms with Gasteiger partial charge in [0.25, 0.3) is 0 Å². The van der Waals surface area contributed by atoms with Crippen molar-refractivity contribution < 1.29 is 0 Å². The Labute approximate surface area is 201 Å². The van der Waals surface area contributed by atoms with Crippen molar-refractivity contribution in [2.75, 3.05) is 19.6 Å². The van der Waals surface area contributed by atoms with Crippen LogP contribution in [0.2, 0.25) is 0 Å². The zero-order valence-electron chi connectivity index (χ0n) is 23.5. The van der Waals surface area contributed by atoms with E-state index < -0.39 is 0 Å². The minimum Gasteiger partial charge on any atom is -0.298 e. The van der Waals surface area contributed by atoms with Crippen molar-refractivity contribution in [1.82, 2.24) is 9.80 Å². The first-order valence-electron chi connectivity index (χ1n) is 14.0. The summed E-state index contributed by atoms with van der Waals surface area (Å²) in [6.07, 6.45) is 11.5. The Morgan fingerprint density at radius 2 is 1.44 bits per heavy atom. The second-order valence-corrected chi connectivity index (χ2v) is 16.2. The molecule has 2 saturated carbocycles. The number of nitrogens with zero attached hydrogens (tertiary/aromatic N) is 2. The van der Waals surface area contributed by atoms with E-state index in [0.29, 0.717) is 27.3 Å². The Hall–Kier alpha value is -0.0800. The van der Waals surface area contributed by atoms with Crippen molar-refractivity contribution >= 4 is 0 Å². The highest BCUT2D eigenvalue weighted by molar-refractivity contribution is 5.06. The number of rotatable bonds is 5. The number of likely N-dealkylation sites (tertiary alicyclic amines) is 2. The van der Waals surface area contributed by atoms with Gasteiger partial charge in [-0.15, -0.1) is 0 Å². The zero-order valence-corrected chi connectivity index (χ0v) is 23.5. The summed E-state index contributed by atoms with van der Waals surface area (Å²) in [5.41, 5.74) is 2.30. The molecule has 0 aromatic carbocycles. The van der Waals surface area contributed by atoms with Crippen LogP contribution in [0.3, 0.4) is 0 Å². The molecule has 4 fully saturated rings. The van der Waals surface area contributed by atoms with Gasteiger partial charge in [0.2, 0.25) is 0 Å². The van der Waals surface area contributed by atoms with Gasteiger partial charge >= 0.3 is 0 Å². The topological polar surface area (TPSA) is 6.48 Å². The van der Waals surface area contributed by atoms with Gasteiger partial charge in [-0.2, -0.15) is 0 Å². The summed E-state index contributed by atoms with van der Waals surface area (Å²) < 4.78 is 0. The van der Waals surface area contributed by atoms with Gasteiger partial charge in [-0.25, -0.2) is 0 Å². The van der Waals surface area contributed by atoms with Gasteiger partial charge in [0.05, 0.1) is 0 Å². The highest BCUT2D eigenvalue weighted by Crippen LogP contribution is 2.59. The summed E-state index contributed by atoms with van der Waals surface area (Å²) >= 11 is 0. The van der Waals surface area contributed by atoms with E-state index in [1.54, 1.807) is 0 Å². The van der Waals surface area contributed by atoms with Crippen molar-refractivity contribution in [3.05, 3.63) is 0 Å². The Kier molecular flexibility index (Phi) is 6.24. The van der Waals surface area contributed by atoms with Gasteiger partial charge in [-0.05, 0) is 127 Å². The number of hydrogen-bond donors (Lipinski definition) is 0. The van der Waals surface area contributed by atoms with E-state index in [1.165, 1.54) is 71.0 Å². The van der Waals surface area contributed by atoms with Crippen LogP contribution >= 0.6 is 0 Å². The summed E-state index contributed by atoms with van der Waals surface area (Å²) in [7, 11) is 0. The van der Waals surface area contributed by atoms with Crippen LogP contribution in [0.25, 0.3) is 0 Å². The Morgan fingerprint density at radius 1 is 0.781 bits per heavy atom. The maximum atomic E-state index is 2.96. The average Bonchev–Trinajstić information content (AvgIpc) is 3.20. The molecule has 1 spiro atoms. The van der Waals surface area contributed by atoms with E-state index in [1.807, 2.05) is 0 Å². The molecule has 2 saturated heterocycles. The molecule has 0 aromatic heterocycles. The van der Waals surface area contributed by atoms with Crippen LogP contribution in [-0.4, -0.2) is 46.6 Å². The first-order chi connectivity index (χ1) is 14.5. The maximum Gasteiger partial charge on any atom is 0.0156 e.